The van der Waals surface area contributed by atoms with Crippen molar-refractivity contribution in [3.63, 3.8) is 0 Å². The van der Waals surface area contributed by atoms with Crippen molar-refractivity contribution in [3.05, 3.63) is 29.8 Å². The zero-order valence-corrected chi connectivity index (χ0v) is 8.47. The van der Waals surface area contributed by atoms with Gasteiger partial charge in [-0.3, -0.25) is 0 Å². The standard InChI is InChI=1S/C11H16FN/c1-11(2,3)6-4-9-5-7-13-10(12)8-9/h5,7-8H,4,6H2,1-3H3. The molecule has 0 saturated heterocycles. The van der Waals surface area contributed by atoms with Crippen molar-refractivity contribution in [2.75, 3.05) is 0 Å². The zero-order chi connectivity index (χ0) is 9.90. The molecule has 2 heteroatoms. The minimum Gasteiger partial charge on any atom is -0.228 e. The van der Waals surface area contributed by atoms with Gasteiger partial charge in [-0.05, 0) is 36.0 Å². The van der Waals surface area contributed by atoms with E-state index in [0.717, 1.165) is 18.4 Å². The average molecular weight is 181 g/mol. The first kappa shape index (κ1) is 10.2. The van der Waals surface area contributed by atoms with E-state index in [2.05, 4.69) is 25.8 Å². The second-order valence-electron chi connectivity index (χ2n) is 4.55. The van der Waals surface area contributed by atoms with Gasteiger partial charge in [0.25, 0.3) is 0 Å². The zero-order valence-electron chi connectivity index (χ0n) is 8.47. The first-order valence-electron chi connectivity index (χ1n) is 4.58. The predicted octanol–water partition coefficient (Wildman–Crippen LogP) is 3.20. The molecule has 0 N–H and O–H groups in total. The van der Waals surface area contributed by atoms with E-state index in [9.17, 15) is 4.39 Å². The van der Waals surface area contributed by atoms with E-state index in [1.807, 2.05) is 6.07 Å². The Balaban J connectivity index is 2.55. The molecule has 1 heterocycles. The van der Waals surface area contributed by atoms with Crippen LogP contribution in [0.5, 0.6) is 0 Å². The molecule has 0 atom stereocenters. The topological polar surface area (TPSA) is 12.9 Å². The third-order valence-corrected chi connectivity index (χ3v) is 1.95. The van der Waals surface area contributed by atoms with Crippen LogP contribution in [-0.2, 0) is 6.42 Å². The number of hydrogen-bond donors (Lipinski definition) is 0. The van der Waals surface area contributed by atoms with E-state index in [1.54, 1.807) is 0 Å². The van der Waals surface area contributed by atoms with E-state index in [0.29, 0.717) is 5.41 Å². The van der Waals surface area contributed by atoms with Crippen molar-refractivity contribution in [1.82, 2.24) is 4.98 Å². The van der Waals surface area contributed by atoms with Crippen LogP contribution in [0.15, 0.2) is 18.3 Å². The van der Waals surface area contributed by atoms with E-state index < -0.39 is 0 Å². The summed E-state index contributed by atoms with van der Waals surface area (Å²) in [5.41, 5.74) is 1.34. The van der Waals surface area contributed by atoms with Gasteiger partial charge in [-0.2, -0.15) is 4.39 Å². The molecule has 13 heavy (non-hydrogen) atoms. The summed E-state index contributed by atoms with van der Waals surface area (Å²) in [7, 11) is 0. The molecule has 0 fully saturated rings. The van der Waals surface area contributed by atoms with Crippen LogP contribution < -0.4 is 0 Å². The molecule has 0 radical (unpaired) electrons. The smallest absolute Gasteiger partial charge is 0.213 e. The van der Waals surface area contributed by atoms with Crippen molar-refractivity contribution in [2.45, 2.75) is 33.6 Å². The van der Waals surface area contributed by atoms with Gasteiger partial charge in [-0.15, -0.1) is 0 Å². The van der Waals surface area contributed by atoms with Gasteiger partial charge in [0, 0.05) is 6.20 Å². The monoisotopic (exact) mass is 181 g/mol. The van der Waals surface area contributed by atoms with E-state index in [1.165, 1.54) is 12.3 Å². The van der Waals surface area contributed by atoms with Crippen LogP contribution in [-0.4, -0.2) is 4.98 Å². The maximum atomic E-state index is 12.7. The Kier molecular flexibility index (Phi) is 3.02. The van der Waals surface area contributed by atoms with Gasteiger partial charge in [0.1, 0.15) is 0 Å². The lowest BCUT2D eigenvalue weighted by Gasteiger charge is -2.17. The van der Waals surface area contributed by atoms with Crippen molar-refractivity contribution in [1.29, 1.82) is 0 Å². The number of halogens is 1. The first-order chi connectivity index (χ1) is 5.97. The lowest BCUT2D eigenvalue weighted by atomic mass is 9.89. The summed E-state index contributed by atoms with van der Waals surface area (Å²) in [6.45, 7) is 6.56. The maximum absolute atomic E-state index is 12.7. The van der Waals surface area contributed by atoms with E-state index in [-0.39, 0.29) is 5.95 Å². The summed E-state index contributed by atoms with van der Waals surface area (Å²) in [4.78, 5) is 3.52. The molecule has 0 unspecified atom stereocenters. The highest BCUT2D eigenvalue weighted by atomic mass is 19.1. The number of hydrogen-bond acceptors (Lipinski definition) is 1. The SMILES string of the molecule is CC(C)(C)CCc1ccnc(F)c1. The van der Waals surface area contributed by atoms with Crippen LogP contribution in [0.3, 0.4) is 0 Å². The molecule has 0 aliphatic rings. The van der Waals surface area contributed by atoms with E-state index in [4.69, 9.17) is 0 Å². The third kappa shape index (κ3) is 4.02. The normalized spacial score (nSPS) is 11.7. The number of rotatable bonds is 2. The second kappa shape index (κ2) is 3.86. The van der Waals surface area contributed by atoms with Crippen LogP contribution in [0.1, 0.15) is 32.8 Å². The minimum absolute atomic E-state index is 0.305. The van der Waals surface area contributed by atoms with Gasteiger partial charge in [0.2, 0.25) is 5.95 Å². The Morgan fingerprint density at radius 3 is 2.62 bits per heavy atom. The molecule has 0 aliphatic heterocycles. The molecule has 0 amide bonds. The van der Waals surface area contributed by atoms with Gasteiger partial charge in [0.15, 0.2) is 0 Å². The first-order valence-corrected chi connectivity index (χ1v) is 4.58. The highest BCUT2D eigenvalue weighted by Crippen LogP contribution is 2.21. The van der Waals surface area contributed by atoms with Crippen LogP contribution >= 0.6 is 0 Å². The Hall–Kier alpha value is -0.920. The fourth-order valence-electron chi connectivity index (χ4n) is 1.12. The van der Waals surface area contributed by atoms with Gasteiger partial charge in [-0.1, -0.05) is 20.8 Å². The molecular weight excluding hydrogens is 165 g/mol. The molecule has 0 spiro atoms. The summed E-state index contributed by atoms with van der Waals surface area (Å²) in [6, 6.07) is 3.38. The minimum atomic E-state index is -0.383. The van der Waals surface area contributed by atoms with Gasteiger partial charge in [0.05, 0.1) is 0 Å². The molecule has 0 aliphatic carbocycles. The van der Waals surface area contributed by atoms with Crippen molar-refractivity contribution >= 4 is 0 Å². The maximum Gasteiger partial charge on any atom is 0.213 e. The molecule has 0 aromatic carbocycles. The van der Waals surface area contributed by atoms with Crippen molar-refractivity contribution in [3.8, 4) is 0 Å². The molecule has 1 nitrogen and oxygen atoms in total. The highest BCUT2D eigenvalue weighted by Gasteiger charge is 2.09. The average Bonchev–Trinajstić information content (AvgIpc) is 2.00. The fourth-order valence-corrected chi connectivity index (χ4v) is 1.12. The molecule has 0 bridgehead atoms. The number of pyridine rings is 1. The molecule has 72 valence electrons. The molecular formula is C11H16FN. The molecule has 1 aromatic heterocycles. The number of nitrogens with zero attached hydrogens (tertiary/aromatic N) is 1. The number of aromatic nitrogens is 1. The molecule has 1 aromatic rings. The Bertz CT molecular complexity index is 276. The Morgan fingerprint density at radius 1 is 1.38 bits per heavy atom. The molecule has 0 saturated carbocycles. The van der Waals surface area contributed by atoms with Crippen LogP contribution in [0.4, 0.5) is 4.39 Å². The summed E-state index contributed by atoms with van der Waals surface area (Å²) in [5, 5.41) is 0. The Labute approximate surface area is 79.0 Å². The predicted molar refractivity (Wildman–Crippen MR) is 52.0 cm³/mol. The van der Waals surface area contributed by atoms with Crippen molar-refractivity contribution in [2.24, 2.45) is 5.41 Å². The summed E-state index contributed by atoms with van der Waals surface area (Å²) < 4.78 is 12.7. The van der Waals surface area contributed by atoms with E-state index >= 15 is 0 Å². The van der Waals surface area contributed by atoms with Crippen LogP contribution in [0, 0.1) is 11.4 Å². The lowest BCUT2D eigenvalue weighted by Crippen LogP contribution is -2.06. The van der Waals surface area contributed by atoms with Crippen LogP contribution in [0.2, 0.25) is 0 Å². The Morgan fingerprint density at radius 2 is 2.08 bits per heavy atom. The number of aryl methyl sites for hydroxylation is 1. The second-order valence-corrected chi connectivity index (χ2v) is 4.55. The largest absolute Gasteiger partial charge is 0.228 e. The summed E-state index contributed by atoms with van der Waals surface area (Å²) in [5.74, 6) is -0.383. The third-order valence-electron chi connectivity index (χ3n) is 1.95. The van der Waals surface area contributed by atoms with Gasteiger partial charge < -0.3 is 0 Å². The lowest BCUT2D eigenvalue weighted by molar-refractivity contribution is 0.377. The fraction of sp³-hybridized carbons (Fsp3) is 0.545. The quantitative estimate of drug-likeness (QED) is 0.638. The van der Waals surface area contributed by atoms with Crippen molar-refractivity contribution < 1.29 is 4.39 Å². The summed E-state index contributed by atoms with van der Waals surface area (Å²) in [6.07, 6.45) is 3.51. The molecule has 1 rings (SSSR count). The van der Waals surface area contributed by atoms with Gasteiger partial charge >= 0.3 is 0 Å². The summed E-state index contributed by atoms with van der Waals surface area (Å²) >= 11 is 0. The van der Waals surface area contributed by atoms with Crippen LogP contribution in [0.25, 0.3) is 0 Å². The highest BCUT2D eigenvalue weighted by molar-refractivity contribution is 5.10. The van der Waals surface area contributed by atoms with Gasteiger partial charge in [-0.25, -0.2) is 4.98 Å².